The summed E-state index contributed by atoms with van der Waals surface area (Å²) in [4.78, 5) is 12.3. The molecule has 3 aromatic rings. The van der Waals surface area contributed by atoms with Crippen molar-refractivity contribution >= 4 is 38.4 Å². The van der Waals surface area contributed by atoms with Crippen LogP contribution in [-0.2, 0) is 21.3 Å². The van der Waals surface area contributed by atoms with E-state index in [1.165, 1.54) is 0 Å². The first-order chi connectivity index (χ1) is 18.9. The molecule has 3 atom stereocenters. The number of aromatic nitrogens is 4. The van der Waals surface area contributed by atoms with Gasteiger partial charge in [0.05, 0.1) is 30.2 Å². The Bertz CT molecular complexity index is 1410. The second-order valence-electron chi connectivity index (χ2n) is 11.0. The third kappa shape index (κ3) is 5.74. The van der Waals surface area contributed by atoms with Crippen molar-refractivity contribution in [2.75, 3.05) is 42.7 Å². The molecule has 0 spiro atoms. The van der Waals surface area contributed by atoms with Crippen molar-refractivity contribution in [3.05, 3.63) is 35.7 Å². The average molecular weight is 555 g/mol. The Balaban J connectivity index is 1.29. The zero-order valence-corrected chi connectivity index (χ0v) is 23.5. The van der Waals surface area contributed by atoms with Gasteiger partial charge < -0.3 is 15.4 Å². The number of aryl methyl sites for hydroxylation is 1. The second-order valence-corrected chi connectivity index (χ2v) is 13.1. The first kappa shape index (κ1) is 26.4. The molecule has 3 aliphatic heterocycles. The van der Waals surface area contributed by atoms with Crippen LogP contribution in [0, 0.1) is 6.92 Å². The van der Waals surface area contributed by atoms with Gasteiger partial charge in [0.2, 0.25) is 10.0 Å². The Morgan fingerprint density at radius 2 is 1.85 bits per heavy atom. The first-order valence-corrected chi connectivity index (χ1v) is 15.7. The number of hydrogen-bond donors (Lipinski definition) is 3. The van der Waals surface area contributed by atoms with Gasteiger partial charge in [0.1, 0.15) is 11.6 Å². The van der Waals surface area contributed by atoms with Gasteiger partial charge in [0, 0.05) is 61.0 Å². The van der Waals surface area contributed by atoms with E-state index < -0.39 is 10.0 Å². The molecule has 12 heteroatoms. The van der Waals surface area contributed by atoms with Gasteiger partial charge in [-0.2, -0.15) is 9.40 Å². The van der Waals surface area contributed by atoms with Crippen LogP contribution in [0.2, 0.25) is 0 Å². The van der Waals surface area contributed by atoms with E-state index in [1.54, 1.807) is 6.92 Å². The van der Waals surface area contributed by atoms with E-state index in [4.69, 9.17) is 14.7 Å². The fourth-order valence-electron chi connectivity index (χ4n) is 6.29. The number of hydrogen-bond acceptors (Lipinski definition) is 9. The molecule has 1 unspecified atom stereocenters. The van der Waals surface area contributed by atoms with Crippen molar-refractivity contribution in [2.24, 2.45) is 0 Å². The summed E-state index contributed by atoms with van der Waals surface area (Å²) < 4.78 is 33.0. The number of H-pyrrole nitrogens is 1. The Kier molecular flexibility index (Phi) is 7.45. The Morgan fingerprint density at radius 3 is 2.54 bits per heavy atom. The van der Waals surface area contributed by atoms with Crippen LogP contribution in [0.4, 0.5) is 17.5 Å². The summed E-state index contributed by atoms with van der Waals surface area (Å²) in [5.74, 6) is 2.28. The average Bonchev–Trinajstić information content (AvgIpc) is 3.32. The maximum Gasteiger partial charge on any atom is 0.214 e. The van der Waals surface area contributed by atoms with Crippen LogP contribution in [0.3, 0.4) is 0 Å². The molecule has 3 saturated heterocycles. The molecular weight excluding hydrogens is 516 g/mol. The normalized spacial score (nSPS) is 24.6. The van der Waals surface area contributed by atoms with E-state index in [-0.39, 0.29) is 23.9 Å². The molecule has 2 bridgehead atoms. The molecule has 0 aliphatic carbocycles. The van der Waals surface area contributed by atoms with Gasteiger partial charge in [-0.25, -0.2) is 13.4 Å². The fourth-order valence-corrected chi connectivity index (χ4v) is 7.88. The monoisotopic (exact) mass is 554 g/mol. The zero-order chi connectivity index (χ0) is 27.0. The molecule has 11 nitrogen and oxygen atoms in total. The van der Waals surface area contributed by atoms with Gasteiger partial charge in [-0.05, 0) is 51.7 Å². The van der Waals surface area contributed by atoms with Gasteiger partial charge in [0.25, 0.3) is 0 Å². The molecule has 3 N–H and O–H groups in total. The number of fused-ring (bicyclic) bond motifs is 3. The van der Waals surface area contributed by atoms with Crippen LogP contribution in [0.15, 0.2) is 24.3 Å². The van der Waals surface area contributed by atoms with Crippen molar-refractivity contribution in [2.45, 2.75) is 70.6 Å². The second kappa shape index (κ2) is 11.0. The number of nitrogens with zero attached hydrogens (tertiary/aromatic N) is 5. The summed E-state index contributed by atoms with van der Waals surface area (Å²) in [6.45, 7) is 7.79. The van der Waals surface area contributed by atoms with Crippen molar-refractivity contribution < 1.29 is 13.2 Å². The quantitative estimate of drug-likeness (QED) is 0.384. The lowest BCUT2D eigenvalue weighted by Crippen LogP contribution is -2.57. The third-order valence-electron chi connectivity index (χ3n) is 8.13. The minimum absolute atomic E-state index is 0.0396. The third-order valence-corrected chi connectivity index (χ3v) is 10.1. The van der Waals surface area contributed by atoms with E-state index >= 15 is 0 Å². The van der Waals surface area contributed by atoms with Crippen LogP contribution in [0.1, 0.15) is 50.4 Å². The van der Waals surface area contributed by atoms with Gasteiger partial charge in [-0.3, -0.25) is 15.0 Å². The van der Waals surface area contributed by atoms with Crippen molar-refractivity contribution in [1.29, 1.82) is 0 Å². The smallest absolute Gasteiger partial charge is 0.214 e. The number of anilines is 3. The number of pyridine rings is 2. The topological polar surface area (TPSA) is 128 Å². The highest BCUT2D eigenvalue weighted by atomic mass is 32.2. The SMILES string of the molecule is CCS(=O)(=O)N1[C@@H]2CCC[C@H]1CC(Nc1nc(Nc3cc(C)[nH]n3)cc3nc(CN4CCOCC4)ccc13)C2. The molecule has 39 heavy (non-hydrogen) atoms. The number of rotatable bonds is 8. The summed E-state index contributed by atoms with van der Waals surface area (Å²) in [6.07, 6.45) is 4.45. The molecule has 210 valence electrons. The number of piperidine rings is 2. The highest BCUT2D eigenvalue weighted by Crippen LogP contribution is 2.38. The predicted octanol–water partition coefficient (Wildman–Crippen LogP) is 3.38. The summed E-state index contributed by atoms with van der Waals surface area (Å²) in [5.41, 5.74) is 2.83. The molecule has 0 saturated carbocycles. The molecule has 6 rings (SSSR count). The number of morpholine rings is 1. The zero-order valence-electron chi connectivity index (χ0n) is 22.7. The van der Waals surface area contributed by atoms with E-state index in [0.717, 1.165) is 93.1 Å². The molecule has 3 aromatic heterocycles. The lowest BCUT2D eigenvalue weighted by molar-refractivity contribution is 0.0337. The van der Waals surface area contributed by atoms with Crippen LogP contribution >= 0.6 is 0 Å². The molecule has 3 aliphatic rings. The Labute approximate surface area is 229 Å². The van der Waals surface area contributed by atoms with E-state index in [0.29, 0.717) is 11.6 Å². The van der Waals surface area contributed by atoms with Crippen molar-refractivity contribution in [3.63, 3.8) is 0 Å². The van der Waals surface area contributed by atoms with Crippen molar-refractivity contribution in [3.8, 4) is 0 Å². The maximum absolute atomic E-state index is 12.9. The van der Waals surface area contributed by atoms with E-state index in [2.05, 4.69) is 37.9 Å². The molecule has 0 aromatic carbocycles. The lowest BCUT2D eigenvalue weighted by Gasteiger charge is -2.47. The first-order valence-electron chi connectivity index (χ1n) is 14.1. The predicted molar refractivity (Wildman–Crippen MR) is 152 cm³/mol. The maximum atomic E-state index is 12.9. The fraction of sp³-hybridized carbons (Fsp3) is 0.593. The van der Waals surface area contributed by atoms with Crippen LogP contribution < -0.4 is 10.6 Å². The molecule has 0 radical (unpaired) electrons. The number of aromatic amines is 1. The van der Waals surface area contributed by atoms with Gasteiger partial charge in [0.15, 0.2) is 5.82 Å². The summed E-state index contributed by atoms with van der Waals surface area (Å²) >= 11 is 0. The lowest BCUT2D eigenvalue weighted by atomic mass is 9.84. The van der Waals surface area contributed by atoms with Gasteiger partial charge >= 0.3 is 0 Å². The number of sulfonamides is 1. The highest BCUT2D eigenvalue weighted by Gasteiger charge is 2.43. The van der Waals surface area contributed by atoms with Crippen molar-refractivity contribution in [1.82, 2.24) is 29.4 Å². The van der Waals surface area contributed by atoms with Crippen LogP contribution in [0.5, 0.6) is 0 Å². The number of nitrogens with one attached hydrogen (secondary N) is 3. The summed E-state index contributed by atoms with van der Waals surface area (Å²) in [6, 6.07) is 8.31. The highest BCUT2D eigenvalue weighted by molar-refractivity contribution is 7.89. The standard InChI is InChI=1S/C27H38N8O3S/c1-3-39(36,37)35-21-5-4-6-22(35)15-20(14-21)29-27-23-8-7-19(17-34-9-11-38-12-10-34)28-24(23)16-25(31-27)30-26-13-18(2)32-33-26/h7-8,13,16,20-22H,3-6,9-12,14-15,17H2,1-2H3,(H3,29,30,31,32,33)/t20?,21-,22+. The van der Waals surface area contributed by atoms with Crippen LogP contribution in [0.25, 0.3) is 10.9 Å². The Hall–Kier alpha value is -2.80. The van der Waals surface area contributed by atoms with Gasteiger partial charge in [-0.1, -0.05) is 6.42 Å². The summed E-state index contributed by atoms with van der Waals surface area (Å²) in [7, 11) is -3.22. The van der Waals surface area contributed by atoms with Gasteiger partial charge in [-0.15, -0.1) is 0 Å². The van der Waals surface area contributed by atoms with Crippen LogP contribution in [-0.4, -0.2) is 88.0 Å². The van der Waals surface area contributed by atoms with E-state index in [1.807, 2.05) is 23.4 Å². The Morgan fingerprint density at radius 1 is 1.08 bits per heavy atom. The largest absolute Gasteiger partial charge is 0.379 e. The molecule has 3 fully saturated rings. The molecule has 6 heterocycles. The summed E-state index contributed by atoms with van der Waals surface area (Å²) in [5, 5.41) is 15.3. The minimum Gasteiger partial charge on any atom is -0.379 e. The molecular formula is C27H38N8O3S. The minimum atomic E-state index is -3.22. The van der Waals surface area contributed by atoms with E-state index in [9.17, 15) is 8.42 Å². The molecule has 0 amide bonds. The number of ether oxygens (including phenoxy) is 1.